The molecule has 1 aromatic carbocycles. The highest BCUT2D eigenvalue weighted by atomic mass is 79.9. The Morgan fingerprint density at radius 3 is 2.73 bits per heavy atom. The first-order valence-corrected chi connectivity index (χ1v) is 12.1. The van der Waals surface area contributed by atoms with E-state index in [1.54, 1.807) is 31.2 Å². The molecule has 0 amide bonds. The molecule has 1 aliphatic rings. The molecule has 12 nitrogen and oxygen atoms in total. The highest BCUT2D eigenvalue weighted by Gasteiger charge is 2.36. The van der Waals surface area contributed by atoms with Crippen LogP contribution in [0.2, 0.25) is 0 Å². The van der Waals surface area contributed by atoms with Crippen molar-refractivity contribution in [2.24, 2.45) is 0 Å². The fraction of sp³-hybridized carbons (Fsp3) is 0.421. The third kappa shape index (κ3) is 6.62. The standard InChI is InChI=1S/C19H23BrN3O9P/c1-11-8-23(19(26)21-17(11)24)15-9-29-16(31-15)10-30-33(27,22-12(2)18(25)28-3)32-14-6-4-13(20)5-7-14/h4-8,12,15-16H,9-10H2,1-3H3,(H,22,27)(H,21,24,26)/t12-,15-,16-,33?/m1/s1. The van der Waals surface area contributed by atoms with Crippen LogP contribution in [0.1, 0.15) is 18.7 Å². The van der Waals surface area contributed by atoms with E-state index in [2.05, 4.69) is 30.7 Å². The lowest BCUT2D eigenvalue weighted by Gasteiger charge is -2.23. The van der Waals surface area contributed by atoms with Crippen LogP contribution >= 0.6 is 23.7 Å². The molecule has 0 spiro atoms. The summed E-state index contributed by atoms with van der Waals surface area (Å²) in [4.78, 5) is 37.6. The number of aromatic nitrogens is 2. The third-order valence-electron chi connectivity index (χ3n) is 4.52. The van der Waals surface area contributed by atoms with Crippen molar-refractivity contribution < 1.29 is 32.6 Å². The molecule has 2 aromatic rings. The van der Waals surface area contributed by atoms with Crippen LogP contribution < -0.4 is 20.9 Å². The number of benzene rings is 1. The fourth-order valence-corrected chi connectivity index (χ4v) is 4.57. The summed E-state index contributed by atoms with van der Waals surface area (Å²) in [5.74, 6) is -0.438. The van der Waals surface area contributed by atoms with Crippen LogP contribution in [0.25, 0.3) is 0 Å². The van der Waals surface area contributed by atoms with Crippen LogP contribution in [0.15, 0.2) is 44.5 Å². The van der Waals surface area contributed by atoms with Crippen molar-refractivity contribution in [1.29, 1.82) is 0 Å². The molecule has 3 rings (SSSR count). The molecule has 2 heterocycles. The molecular formula is C19H23BrN3O9P. The smallest absolute Gasteiger partial charge is 0.459 e. The van der Waals surface area contributed by atoms with Gasteiger partial charge in [-0.1, -0.05) is 15.9 Å². The Bertz CT molecular complexity index is 1150. The summed E-state index contributed by atoms with van der Waals surface area (Å²) < 4.78 is 42.1. The molecule has 2 N–H and O–H groups in total. The van der Waals surface area contributed by atoms with Crippen molar-refractivity contribution in [3.63, 3.8) is 0 Å². The zero-order valence-electron chi connectivity index (χ0n) is 18.0. The van der Waals surface area contributed by atoms with E-state index in [9.17, 15) is 18.9 Å². The number of carbonyl (C=O) groups is 1. The lowest BCUT2D eigenvalue weighted by Crippen LogP contribution is -2.35. The van der Waals surface area contributed by atoms with Gasteiger partial charge in [-0.25, -0.2) is 9.36 Å². The van der Waals surface area contributed by atoms with Crippen molar-refractivity contribution in [3.05, 3.63) is 61.3 Å². The molecular weight excluding hydrogens is 525 g/mol. The van der Waals surface area contributed by atoms with Gasteiger partial charge in [0.05, 0.1) is 13.7 Å². The number of nitrogens with one attached hydrogen (secondary N) is 2. The molecule has 14 heteroatoms. The van der Waals surface area contributed by atoms with Gasteiger partial charge in [-0.3, -0.25) is 23.7 Å². The maximum Gasteiger partial charge on any atom is 0.459 e. The van der Waals surface area contributed by atoms with Crippen molar-refractivity contribution in [2.75, 3.05) is 20.3 Å². The Hall–Kier alpha value is -2.28. The van der Waals surface area contributed by atoms with Gasteiger partial charge >= 0.3 is 19.4 Å². The molecule has 1 aromatic heterocycles. The fourth-order valence-electron chi connectivity index (χ4n) is 2.83. The van der Waals surface area contributed by atoms with E-state index < -0.39 is 43.5 Å². The van der Waals surface area contributed by atoms with Crippen LogP contribution in [0.5, 0.6) is 5.75 Å². The highest BCUT2D eigenvalue weighted by Crippen LogP contribution is 2.45. The van der Waals surface area contributed by atoms with E-state index in [1.165, 1.54) is 24.8 Å². The molecule has 0 radical (unpaired) electrons. The second kappa shape index (κ2) is 10.8. The second-order valence-corrected chi connectivity index (χ2v) is 9.65. The van der Waals surface area contributed by atoms with Crippen molar-refractivity contribution in [1.82, 2.24) is 14.6 Å². The highest BCUT2D eigenvalue weighted by molar-refractivity contribution is 9.10. The molecule has 0 aliphatic carbocycles. The topological polar surface area (TPSA) is 147 Å². The Balaban J connectivity index is 1.70. The normalized spacial score (nSPS) is 20.7. The Labute approximate surface area is 196 Å². The average Bonchev–Trinajstić information content (AvgIpc) is 3.25. The summed E-state index contributed by atoms with van der Waals surface area (Å²) in [5.41, 5.74) is -0.822. The molecule has 0 bridgehead atoms. The number of aromatic amines is 1. The number of aryl methyl sites for hydroxylation is 1. The Kier molecular flexibility index (Phi) is 8.27. The summed E-state index contributed by atoms with van der Waals surface area (Å²) in [5, 5.41) is 2.52. The van der Waals surface area contributed by atoms with E-state index in [0.717, 1.165) is 4.47 Å². The number of esters is 1. The number of halogens is 1. The molecule has 1 saturated heterocycles. The molecule has 180 valence electrons. The predicted molar refractivity (Wildman–Crippen MR) is 119 cm³/mol. The van der Waals surface area contributed by atoms with Gasteiger partial charge < -0.3 is 18.7 Å². The number of hydrogen-bond donors (Lipinski definition) is 2. The Morgan fingerprint density at radius 2 is 2.06 bits per heavy atom. The van der Waals surface area contributed by atoms with E-state index in [4.69, 9.17) is 18.5 Å². The number of ether oxygens (including phenoxy) is 3. The van der Waals surface area contributed by atoms with Crippen LogP contribution in [0, 0.1) is 6.92 Å². The number of H-pyrrole nitrogens is 1. The van der Waals surface area contributed by atoms with Crippen molar-refractivity contribution in [2.45, 2.75) is 32.4 Å². The predicted octanol–water partition coefficient (Wildman–Crippen LogP) is 1.83. The van der Waals surface area contributed by atoms with E-state index in [1.807, 2.05) is 0 Å². The first-order chi connectivity index (χ1) is 15.6. The minimum atomic E-state index is -4.09. The zero-order chi connectivity index (χ0) is 24.2. The van der Waals surface area contributed by atoms with Crippen LogP contribution in [-0.4, -0.2) is 48.2 Å². The molecule has 1 fully saturated rings. The van der Waals surface area contributed by atoms with Gasteiger partial charge in [0.25, 0.3) is 5.56 Å². The largest absolute Gasteiger partial charge is 0.468 e. The lowest BCUT2D eigenvalue weighted by molar-refractivity contribution is -0.142. The number of methoxy groups -OCH3 is 1. The maximum absolute atomic E-state index is 13.4. The van der Waals surface area contributed by atoms with E-state index >= 15 is 0 Å². The van der Waals surface area contributed by atoms with Gasteiger partial charge in [0.2, 0.25) is 0 Å². The molecule has 33 heavy (non-hydrogen) atoms. The number of rotatable bonds is 9. The van der Waals surface area contributed by atoms with Gasteiger partial charge in [-0.05, 0) is 38.1 Å². The average molecular weight is 548 g/mol. The Morgan fingerprint density at radius 1 is 1.36 bits per heavy atom. The van der Waals surface area contributed by atoms with Gasteiger partial charge in [0, 0.05) is 16.2 Å². The van der Waals surface area contributed by atoms with Gasteiger partial charge in [0.1, 0.15) is 18.4 Å². The molecule has 0 saturated carbocycles. The van der Waals surface area contributed by atoms with Crippen LogP contribution in [0.4, 0.5) is 0 Å². The third-order valence-corrected chi connectivity index (χ3v) is 6.69. The zero-order valence-corrected chi connectivity index (χ0v) is 20.5. The van der Waals surface area contributed by atoms with Gasteiger partial charge in [-0.15, -0.1) is 0 Å². The van der Waals surface area contributed by atoms with E-state index in [-0.39, 0.29) is 19.0 Å². The monoisotopic (exact) mass is 547 g/mol. The second-order valence-electron chi connectivity index (χ2n) is 7.04. The summed E-state index contributed by atoms with van der Waals surface area (Å²) >= 11 is 3.30. The van der Waals surface area contributed by atoms with Crippen LogP contribution in [0.3, 0.4) is 0 Å². The SMILES string of the molecule is COC(=O)[C@@H](C)NP(=O)(OC[C@@H]1OC[C@H](n2cc(C)c(=O)[nH]c2=O)O1)Oc1ccc(Br)cc1. The number of hydrogen-bond acceptors (Lipinski definition) is 9. The van der Waals surface area contributed by atoms with Crippen LogP contribution in [-0.2, 0) is 28.1 Å². The summed E-state index contributed by atoms with van der Waals surface area (Å²) in [6.45, 7) is 2.64. The molecule has 1 unspecified atom stereocenters. The maximum atomic E-state index is 13.4. The number of carbonyl (C=O) groups excluding carboxylic acids is 1. The van der Waals surface area contributed by atoms with Crippen molar-refractivity contribution >= 4 is 29.6 Å². The van der Waals surface area contributed by atoms with Gasteiger partial charge in [-0.2, -0.15) is 5.09 Å². The summed E-state index contributed by atoms with van der Waals surface area (Å²) in [6.07, 6.45) is -0.457. The van der Waals surface area contributed by atoms with Gasteiger partial charge in [0.15, 0.2) is 12.5 Å². The summed E-state index contributed by atoms with van der Waals surface area (Å²) in [6, 6.07) is 5.49. The first-order valence-electron chi connectivity index (χ1n) is 9.74. The molecule has 1 aliphatic heterocycles. The minimum Gasteiger partial charge on any atom is -0.468 e. The molecule has 4 atom stereocenters. The summed E-state index contributed by atoms with van der Waals surface area (Å²) in [7, 11) is -2.89. The first kappa shape index (κ1) is 25.3. The quantitative estimate of drug-likeness (QED) is 0.352. The van der Waals surface area contributed by atoms with E-state index in [0.29, 0.717) is 5.56 Å². The number of nitrogens with zero attached hydrogens (tertiary/aromatic N) is 1. The lowest BCUT2D eigenvalue weighted by atomic mass is 10.3. The minimum absolute atomic E-state index is 0.0106. The van der Waals surface area contributed by atoms with Crippen molar-refractivity contribution in [3.8, 4) is 5.75 Å².